The fraction of sp³-hybridized carbons (Fsp3) is 0.468. The summed E-state index contributed by atoms with van der Waals surface area (Å²) in [5.41, 5.74) is 3.16. The average molecular weight is 806 g/mol. The lowest BCUT2D eigenvalue weighted by Crippen LogP contribution is -2.59. The minimum Gasteiger partial charge on any atom is -0.473 e. The summed E-state index contributed by atoms with van der Waals surface area (Å²) >= 11 is 0. The van der Waals surface area contributed by atoms with E-state index in [4.69, 9.17) is 23.9 Å². The van der Waals surface area contributed by atoms with Gasteiger partial charge in [0.2, 0.25) is 11.8 Å². The van der Waals surface area contributed by atoms with Gasteiger partial charge in [-0.15, -0.1) is 0 Å². The quantitative estimate of drug-likeness (QED) is 0.148. The zero-order chi connectivity index (χ0) is 41.3. The molecule has 0 spiro atoms. The Morgan fingerprint density at radius 2 is 1.44 bits per heavy atom. The number of pyridine rings is 1. The Morgan fingerprint density at radius 3 is 2.08 bits per heavy atom. The van der Waals surface area contributed by atoms with Gasteiger partial charge in [-0.2, -0.15) is 4.98 Å². The maximum Gasteiger partial charge on any atom is 0.410 e. The van der Waals surface area contributed by atoms with Crippen molar-refractivity contribution in [3.8, 4) is 11.8 Å². The summed E-state index contributed by atoms with van der Waals surface area (Å²) in [6, 6.07) is 26.5. The lowest BCUT2D eigenvalue weighted by Gasteiger charge is -2.49. The zero-order valence-corrected chi connectivity index (χ0v) is 34.8. The Labute approximate surface area is 347 Å². The fourth-order valence-electron chi connectivity index (χ4n) is 8.79. The van der Waals surface area contributed by atoms with Crippen molar-refractivity contribution < 1.29 is 32.9 Å². The summed E-state index contributed by atoms with van der Waals surface area (Å²) in [7, 11) is 0. The molecule has 3 fully saturated rings. The van der Waals surface area contributed by atoms with Gasteiger partial charge in [0.25, 0.3) is 5.91 Å². The highest BCUT2D eigenvalue weighted by atomic mass is 19.1. The van der Waals surface area contributed by atoms with Crippen LogP contribution in [0.15, 0.2) is 84.9 Å². The lowest BCUT2D eigenvalue weighted by molar-refractivity contribution is -0.104. The number of carbonyl (C=O) groups is 2. The van der Waals surface area contributed by atoms with Crippen LogP contribution in [0.4, 0.5) is 20.6 Å². The first-order valence-electron chi connectivity index (χ1n) is 21.1. The highest BCUT2D eigenvalue weighted by Crippen LogP contribution is 2.45. The second kappa shape index (κ2) is 17.2. The number of hydrogen-bond acceptors (Lipinski definition) is 9. The largest absolute Gasteiger partial charge is 0.473 e. The molecule has 1 aliphatic carbocycles. The topological polar surface area (TPSA) is 96.9 Å². The Hall–Kier alpha value is -5.20. The van der Waals surface area contributed by atoms with Gasteiger partial charge in [-0.1, -0.05) is 60.7 Å². The molecule has 12 heteroatoms. The molecule has 0 unspecified atom stereocenters. The second-order valence-corrected chi connectivity index (χ2v) is 17.3. The Bertz CT molecular complexity index is 2100. The average Bonchev–Trinajstić information content (AvgIpc) is 3.47. The van der Waals surface area contributed by atoms with Gasteiger partial charge in [-0.05, 0) is 89.6 Å². The maximum absolute atomic E-state index is 16.8. The fourth-order valence-corrected chi connectivity index (χ4v) is 8.79. The molecule has 4 aromatic rings. The molecule has 0 radical (unpaired) electrons. The standard InChI is InChI=1S/C47H56FN5O6/c1-31-28-51(35-26-37(27-35)58-36-20-22-50(23-21-36)46(55)59-47(3,4)5)24-25-52(31)39-17-16-38-42(43(39)48)32(2)53(45(38)54)40-18-19-41(56-29-33-12-8-6-9-13-33)49-44(40)57-30-34-14-10-7-11-15-34/h6-19,31-32,35-37H,20-30H2,1-5H3/t31-,32+,35-,37-/m1/s1. The van der Waals surface area contributed by atoms with Gasteiger partial charge in [0.1, 0.15) is 24.5 Å². The smallest absolute Gasteiger partial charge is 0.410 e. The van der Waals surface area contributed by atoms with Crippen LogP contribution in [0.2, 0.25) is 0 Å². The minimum atomic E-state index is -0.595. The van der Waals surface area contributed by atoms with E-state index in [0.717, 1.165) is 49.9 Å². The number of ether oxygens (including phenoxy) is 4. The van der Waals surface area contributed by atoms with E-state index in [1.807, 2.05) is 88.4 Å². The second-order valence-electron chi connectivity index (χ2n) is 17.3. The normalized spacial score (nSPS) is 22.5. The first-order chi connectivity index (χ1) is 28.4. The van der Waals surface area contributed by atoms with E-state index in [1.54, 1.807) is 34.1 Å². The number of amides is 2. The summed E-state index contributed by atoms with van der Waals surface area (Å²) in [5.74, 6) is -0.0505. The number of hydrogen-bond donors (Lipinski definition) is 0. The predicted molar refractivity (Wildman–Crippen MR) is 225 cm³/mol. The van der Waals surface area contributed by atoms with Gasteiger partial charge in [-0.3, -0.25) is 14.6 Å². The summed E-state index contributed by atoms with van der Waals surface area (Å²) < 4.78 is 41.2. The van der Waals surface area contributed by atoms with Crippen molar-refractivity contribution in [2.75, 3.05) is 42.5 Å². The highest BCUT2D eigenvalue weighted by molar-refractivity contribution is 6.12. The molecule has 8 rings (SSSR count). The summed E-state index contributed by atoms with van der Waals surface area (Å²) in [6.45, 7) is 13.9. The highest BCUT2D eigenvalue weighted by Gasteiger charge is 2.43. The first-order valence-corrected chi connectivity index (χ1v) is 21.1. The van der Waals surface area contributed by atoms with Crippen molar-refractivity contribution in [3.63, 3.8) is 0 Å². The Morgan fingerprint density at radius 1 is 0.797 bits per heavy atom. The molecule has 4 aliphatic rings. The molecule has 312 valence electrons. The number of anilines is 2. The third-order valence-corrected chi connectivity index (χ3v) is 12.0. The van der Waals surface area contributed by atoms with Crippen LogP contribution < -0.4 is 19.3 Å². The van der Waals surface area contributed by atoms with E-state index in [-0.39, 0.29) is 48.6 Å². The van der Waals surface area contributed by atoms with Crippen LogP contribution in [0.5, 0.6) is 11.8 Å². The van der Waals surface area contributed by atoms with Crippen molar-refractivity contribution in [2.45, 2.75) is 109 Å². The number of halogens is 1. The summed E-state index contributed by atoms with van der Waals surface area (Å²) in [6.07, 6.45) is 3.73. The van der Waals surface area contributed by atoms with Gasteiger partial charge in [0.05, 0.1) is 23.9 Å². The van der Waals surface area contributed by atoms with Crippen LogP contribution in [0.1, 0.15) is 93.4 Å². The Kier molecular flexibility index (Phi) is 11.8. The van der Waals surface area contributed by atoms with Gasteiger partial charge in [0.15, 0.2) is 5.82 Å². The van der Waals surface area contributed by atoms with Gasteiger partial charge < -0.3 is 28.7 Å². The molecule has 3 aromatic carbocycles. The van der Waals surface area contributed by atoms with Crippen LogP contribution in [0.3, 0.4) is 0 Å². The Balaban J connectivity index is 0.898. The van der Waals surface area contributed by atoms with Crippen LogP contribution in [0, 0.1) is 5.82 Å². The molecule has 2 amide bonds. The third kappa shape index (κ3) is 9.04. The molecule has 1 saturated carbocycles. The predicted octanol–water partition coefficient (Wildman–Crippen LogP) is 8.56. The maximum atomic E-state index is 16.8. The molecule has 0 bridgehead atoms. The van der Waals surface area contributed by atoms with Gasteiger partial charge in [-0.25, -0.2) is 9.18 Å². The van der Waals surface area contributed by atoms with Crippen molar-refractivity contribution >= 4 is 23.4 Å². The molecule has 11 nitrogen and oxygen atoms in total. The van der Waals surface area contributed by atoms with E-state index in [9.17, 15) is 9.59 Å². The number of likely N-dealkylation sites (tertiary alicyclic amines) is 1. The number of piperidine rings is 1. The number of fused-ring (bicyclic) bond motifs is 1. The minimum absolute atomic E-state index is 0.0718. The lowest BCUT2D eigenvalue weighted by atomic mass is 9.86. The summed E-state index contributed by atoms with van der Waals surface area (Å²) in [4.78, 5) is 39.3. The molecule has 2 saturated heterocycles. The first kappa shape index (κ1) is 40.6. The molecule has 0 N–H and O–H groups in total. The van der Waals surface area contributed by atoms with Crippen LogP contribution in [-0.2, 0) is 22.7 Å². The van der Waals surface area contributed by atoms with E-state index < -0.39 is 11.6 Å². The van der Waals surface area contributed by atoms with Crippen molar-refractivity contribution in [2.24, 2.45) is 0 Å². The zero-order valence-electron chi connectivity index (χ0n) is 34.8. The number of benzene rings is 3. The van der Waals surface area contributed by atoms with E-state index >= 15 is 4.39 Å². The molecular weight excluding hydrogens is 750 g/mol. The number of rotatable bonds is 11. The van der Waals surface area contributed by atoms with Crippen molar-refractivity contribution in [1.29, 1.82) is 0 Å². The molecule has 4 heterocycles. The monoisotopic (exact) mass is 805 g/mol. The van der Waals surface area contributed by atoms with Gasteiger partial charge in [0, 0.05) is 62.0 Å². The third-order valence-electron chi connectivity index (χ3n) is 12.0. The van der Waals surface area contributed by atoms with E-state index in [1.165, 1.54) is 0 Å². The number of nitrogens with zero attached hydrogens (tertiary/aromatic N) is 5. The van der Waals surface area contributed by atoms with Crippen LogP contribution in [0.25, 0.3) is 0 Å². The number of aromatic nitrogens is 1. The number of carbonyl (C=O) groups excluding carboxylic acids is 2. The molecule has 1 aromatic heterocycles. The van der Waals surface area contributed by atoms with Gasteiger partial charge >= 0.3 is 6.09 Å². The van der Waals surface area contributed by atoms with Crippen molar-refractivity contribution in [1.82, 2.24) is 14.8 Å². The van der Waals surface area contributed by atoms with Crippen LogP contribution >= 0.6 is 0 Å². The molecular formula is C47H56FN5O6. The van der Waals surface area contributed by atoms with Crippen molar-refractivity contribution in [3.05, 3.63) is 113 Å². The number of piperazine rings is 1. The summed E-state index contributed by atoms with van der Waals surface area (Å²) in [5, 5.41) is 0. The molecule has 59 heavy (non-hydrogen) atoms. The van der Waals surface area contributed by atoms with E-state index in [0.29, 0.717) is 60.7 Å². The van der Waals surface area contributed by atoms with E-state index in [2.05, 4.69) is 16.7 Å². The SMILES string of the molecule is C[C@@H]1CN([C@H]2C[C@H](OC3CCN(C(=O)OC(C)(C)C)CC3)C2)CCN1c1ccc2c(c1F)[C@H](C)N(c1ccc(OCc3ccccc3)nc1OCc1ccccc1)C2=O. The molecule has 3 aliphatic heterocycles. The van der Waals surface area contributed by atoms with Crippen LogP contribution in [-0.4, -0.2) is 89.4 Å². The molecule has 2 atom stereocenters.